The van der Waals surface area contributed by atoms with Gasteiger partial charge < -0.3 is 19.6 Å². The molecule has 0 spiro atoms. The number of hydrogen-bond donors (Lipinski definition) is 0. The summed E-state index contributed by atoms with van der Waals surface area (Å²) in [6.07, 6.45) is 18.3. The quantitative estimate of drug-likeness (QED) is 0.0858. The lowest BCUT2D eigenvalue weighted by molar-refractivity contribution is 1.10. The van der Waals surface area contributed by atoms with Crippen LogP contribution in [0.5, 0.6) is 0 Å². The molecule has 0 atom stereocenters. The van der Waals surface area contributed by atoms with Gasteiger partial charge in [0.05, 0.1) is 70.3 Å². The van der Waals surface area contributed by atoms with Crippen LogP contribution < -0.4 is 19.6 Å². The summed E-state index contributed by atoms with van der Waals surface area (Å²) in [7, 11) is 0. The van der Waals surface area contributed by atoms with Crippen LogP contribution >= 0.6 is 0 Å². The highest BCUT2D eigenvalue weighted by atomic mass is 15.2. The highest BCUT2D eigenvalue weighted by Crippen LogP contribution is 2.56. The van der Waals surface area contributed by atoms with E-state index in [0.717, 1.165) is 170 Å². The second-order valence-corrected chi connectivity index (χ2v) is 23.0. The van der Waals surface area contributed by atoms with Gasteiger partial charge in [-0.3, -0.25) is 0 Å². The first-order chi connectivity index (χ1) is 45.5. The lowest BCUT2D eigenvalue weighted by atomic mass is 9.88. The Morgan fingerprint density at radius 1 is 0.228 bits per heavy atom. The molecule has 0 radical (unpaired) electrons. The highest BCUT2D eigenvalue weighted by molar-refractivity contribution is 6.33. The summed E-state index contributed by atoms with van der Waals surface area (Å²) in [5.74, 6) is 0. The highest BCUT2D eigenvalue weighted by Gasteiger charge is 2.32. The number of aromatic nitrogens is 8. The molecule has 0 saturated heterocycles. The minimum atomic E-state index is 0.706. The number of para-hydroxylation sites is 4. The third-order valence-corrected chi connectivity index (χ3v) is 18.1. The van der Waals surface area contributed by atoms with Crippen LogP contribution in [0.2, 0.25) is 0 Å². The lowest BCUT2D eigenvalue weighted by Crippen LogP contribution is -2.18. The second-order valence-electron chi connectivity index (χ2n) is 23.0. The van der Waals surface area contributed by atoms with Crippen molar-refractivity contribution in [3.63, 3.8) is 0 Å². The van der Waals surface area contributed by atoms with Gasteiger partial charge in [-0.2, -0.15) is 0 Å². The standard InChI is InChI=1S/C80H62N12/c1-5-55-59-33-21-41-81-77(59)85-47-71(55)89(51-25-13-9-14-26-51)67-45-68(90(52-27-15-10-16-28-52)72-48-86-78-60(56(72)6-2)34-22-42-82-78)64-39-40-66-70(92(54-31-19-12-20-32-54)74-50-88-80-62(58(74)8-4)36-24-44-84-80)46-69(65-38-37-63(67)75(64)76(65)66)91(53-29-17-11-18-30-53)73-49-87-79-61(57(73)7-3)35-23-43-83-79/h9-50H,5-8H2,1-4H3. The molecule has 0 amide bonds. The monoisotopic (exact) mass is 1190 g/mol. The van der Waals surface area contributed by atoms with Crippen molar-refractivity contribution in [1.29, 1.82) is 0 Å². The minimum Gasteiger partial charge on any atom is -0.308 e. The van der Waals surface area contributed by atoms with E-state index in [4.69, 9.17) is 39.9 Å². The molecule has 0 aliphatic rings. The fourth-order valence-electron chi connectivity index (χ4n) is 14.2. The Hall–Kier alpha value is -11.8. The van der Waals surface area contributed by atoms with Gasteiger partial charge in [-0.05, 0) is 157 Å². The van der Waals surface area contributed by atoms with E-state index in [2.05, 4.69) is 229 Å². The molecule has 12 heteroatoms. The number of rotatable bonds is 16. The van der Waals surface area contributed by atoms with Crippen molar-refractivity contribution in [3.8, 4) is 0 Å². The number of nitrogens with zero attached hydrogens (tertiary/aromatic N) is 12. The average Bonchev–Trinajstić information content (AvgIpc) is 0.702. The van der Waals surface area contributed by atoms with E-state index in [0.29, 0.717) is 22.6 Å². The van der Waals surface area contributed by atoms with E-state index in [9.17, 15) is 0 Å². The van der Waals surface area contributed by atoms with E-state index in [-0.39, 0.29) is 0 Å². The summed E-state index contributed by atoms with van der Waals surface area (Å²) in [5.41, 5.74) is 19.0. The van der Waals surface area contributed by atoms with Crippen molar-refractivity contribution in [1.82, 2.24) is 39.9 Å². The SMILES string of the molecule is CCc1c(N(c2ccccc2)c2cc(N(c3ccccc3)c3cnc4ncccc4c3CC)c3ccc4c(N(c5ccccc5)c5cnc6ncccc6c5CC)cc(N(c5ccccc5)c5cnc6ncccc6c5CC)c5ccc2c3c54)cnc2ncccc12. The summed E-state index contributed by atoms with van der Waals surface area (Å²) in [6.45, 7) is 8.91. The minimum absolute atomic E-state index is 0.706. The number of pyridine rings is 8. The Kier molecular flexibility index (Phi) is 14.1. The van der Waals surface area contributed by atoms with Gasteiger partial charge in [-0.25, -0.2) is 39.9 Å². The molecule has 8 aromatic carbocycles. The normalized spacial score (nSPS) is 11.7. The van der Waals surface area contributed by atoms with Gasteiger partial charge >= 0.3 is 0 Å². The number of fused-ring (bicyclic) bond motifs is 4. The molecule has 0 saturated carbocycles. The molecule has 92 heavy (non-hydrogen) atoms. The molecular formula is C80H62N12. The lowest BCUT2D eigenvalue weighted by Gasteiger charge is -2.35. The molecule has 0 unspecified atom stereocenters. The van der Waals surface area contributed by atoms with Crippen molar-refractivity contribution in [2.75, 3.05) is 19.6 Å². The van der Waals surface area contributed by atoms with Gasteiger partial charge in [0.2, 0.25) is 0 Å². The number of hydrogen-bond acceptors (Lipinski definition) is 12. The molecule has 0 aliphatic carbocycles. The first kappa shape index (κ1) is 55.5. The van der Waals surface area contributed by atoms with Crippen LogP contribution in [-0.4, -0.2) is 39.9 Å². The number of anilines is 12. The molecule has 16 aromatic rings. The first-order valence-corrected chi connectivity index (χ1v) is 31.6. The molecule has 0 fully saturated rings. The molecule has 0 bridgehead atoms. The zero-order chi connectivity index (χ0) is 61.8. The molecular weight excluding hydrogens is 1130 g/mol. The molecule has 442 valence electrons. The largest absolute Gasteiger partial charge is 0.308 e. The van der Waals surface area contributed by atoms with Crippen LogP contribution in [0.4, 0.5) is 68.2 Å². The van der Waals surface area contributed by atoms with Gasteiger partial charge in [0, 0.05) is 101 Å². The molecule has 0 N–H and O–H groups in total. The van der Waals surface area contributed by atoms with Gasteiger partial charge in [0.1, 0.15) is 0 Å². The second kappa shape index (κ2) is 23.3. The fourth-order valence-corrected chi connectivity index (χ4v) is 14.2. The van der Waals surface area contributed by atoms with E-state index in [1.807, 2.05) is 73.8 Å². The fraction of sp³-hybridized carbons (Fsp3) is 0.100. The summed E-state index contributed by atoms with van der Waals surface area (Å²) in [5, 5.41) is 10.4. The number of benzene rings is 8. The zero-order valence-corrected chi connectivity index (χ0v) is 51.4. The Labute approximate surface area is 532 Å². The Morgan fingerprint density at radius 2 is 0.457 bits per heavy atom. The van der Waals surface area contributed by atoms with Gasteiger partial charge in [-0.15, -0.1) is 0 Å². The van der Waals surface area contributed by atoms with Crippen molar-refractivity contribution in [3.05, 3.63) is 278 Å². The zero-order valence-electron chi connectivity index (χ0n) is 51.4. The maximum absolute atomic E-state index is 5.16. The maximum Gasteiger partial charge on any atom is 0.159 e. The Morgan fingerprint density at radius 3 is 0.674 bits per heavy atom. The van der Waals surface area contributed by atoms with Crippen LogP contribution in [0.15, 0.2) is 256 Å². The van der Waals surface area contributed by atoms with E-state index < -0.39 is 0 Å². The van der Waals surface area contributed by atoms with Gasteiger partial charge in [0.15, 0.2) is 22.6 Å². The van der Waals surface area contributed by atoms with Gasteiger partial charge in [0.25, 0.3) is 0 Å². The van der Waals surface area contributed by atoms with Crippen molar-refractivity contribution >= 4 is 145 Å². The number of aryl methyl sites for hydroxylation is 4. The van der Waals surface area contributed by atoms with E-state index in [1.54, 1.807) is 0 Å². The average molecular weight is 1190 g/mol. The molecule has 0 aliphatic heterocycles. The van der Waals surface area contributed by atoms with Crippen LogP contribution in [0.3, 0.4) is 0 Å². The topological polar surface area (TPSA) is 116 Å². The summed E-state index contributed by atoms with van der Waals surface area (Å²) < 4.78 is 0. The molecule has 8 heterocycles. The molecule has 16 rings (SSSR count). The van der Waals surface area contributed by atoms with Crippen LogP contribution in [0.1, 0.15) is 49.9 Å². The summed E-state index contributed by atoms with van der Waals surface area (Å²) in [6, 6.07) is 73.9. The summed E-state index contributed by atoms with van der Waals surface area (Å²) in [4.78, 5) is 49.6. The van der Waals surface area contributed by atoms with Gasteiger partial charge in [-0.1, -0.05) is 125 Å². The van der Waals surface area contributed by atoms with Crippen molar-refractivity contribution in [2.24, 2.45) is 0 Å². The Balaban J connectivity index is 1.13. The third-order valence-electron chi connectivity index (χ3n) is 18.1. The van der Waals surface area contributed by atoms with E-state index in [1.165, 1.54) is 0 Å². The van der Waals surface area contributed by atoms with Crippen molar-refractivity contribution < 1.29 is 0 Å². The molecule has 8 aromatic heterocycles. The molecule has 12 nitrogen and oxygen atoms in total. The smallest absolute Gasteiger partial charge is 0.159 e. The van der Waals surface area contributed by atoms with Crippen LogP contribution in [0.25, 0.3) is 76.5 Å². The first-order valence-electron chi connectivity index (χ1n) is 31.6. The predicted molar refractivity (Wildman–Crippen MR) is 379 cm³/mol. The predicted octanol–water partition coefficient (Wildman–Crippen LogP) is 20.5. The van der Waals surface area contributed by atoms with Crippen LogP contribution in [-0.2, 0) is 25.7 Å². The summed E-state index contributed by atoms with van der Waals surface area (Å²) >= 11 is 0. The Bertz CT molecular complexity index is 4770. The third kappa shape index (κ3) is 9.12. The van der Waals surface area contributed by atoms with Crippen molar-refractivity contribution in [2.45, 2.75) is 53.4 Å². The maximum atomic E-state index is 5.16. The van der Waals surface area contributed by atoms with E-state index >= 15 is 0 Å². The van der Waals surface area contributed by atoms with Crippen LogP contribution in [0, 0.1) is 0 Å².